The number of rotatable bonds is 8. The van der Waals surface area contributed by atoms with Gasteiger partial charge in [0.25, 0.3) is 0 Å². The Labute approximate surface area is 145 Å². The van der Waals surface area contributed by atoms with Gasteiger partial charge in [0.1, 0.15) is 5.75 Å². The average Bonchev–Trinajstić information content (AvgIpc) is 3.02. The van der Waals surface area contributed by atoms with Crippen LogP contribution in [-0.2, 0) is 18.4 Å². The molecular formula is C16H21N3O4S. The number of carbonyl (C=O) groups is 1. The van der Waals surface area contributed by atoms with Crippen molar-refractivity contribution in [3.05, 3.63) is 30.1 Å². The fourth-order valence-corrected chi connectivity index (χ4v) is 2.86. The molecule has 0 radical (unpaired) electrons. The molecule has 1 amide bonds. The zero-order valence-corrected chi connectivity index (χ0v) is 15.0. The number of nitrogens with one attached hydrogen (secondary N) is 1. The highest BCUT2D eigenvalue weighted by molar-refractivity contribution is 7.99. The molecule has 2 rings (SSSR count). The van der Waals surface area contributed by atoms with Crippen LogP contribution in [0.3, 0.4) is 0 Å². The molecule has 8 heteroatoms. The molecule has 0 unspecified atom stereocenters. The van der Waals surface area contributed by atoms with Gasteiger partial charge in [0.05, 0.1) is 27.1 Å². The lowest BCUT2D eigenvalue weighted by Crippen LogP contribution is -2.25. The molecule has 0 atom stereocenters. The van der Waals surface area contributed by atoms with Crippen molar-refractivity contribution in [2.24, 2.45) is 7.05 Å². The summed E-state index contributed by atoms with van der Waals surface area (Å²) in [5, 5.41) is 3.67. The van der Waals surface area contributed by atoms with Crippen LogP contribution < -0.4 is 19.5 Å². The lowest BCUT2D eigenvalue weighted by Gasteiger charge is -2.14. The van der Waals surface area contributed by atoms with E-state index in [4.69, 9.17) is 14.2 Å². The van der Waals surface area contributed by atoms with Gasteiger partial charge in [-0.05, 0) is 6.07 Å². The van der Waals surface area contributed by atoms with Crippen LogP contribution in [0.2, 0.25) is 0 Å². The van der Waals surface area contributed by atoms with Crippen LogP contribution in [0.25, 0.3) is 0 Å². The summed E-state index contributed by atoms with van der Waals surface area (Å²) in [4.78, 5) is 16.2. The minimum Gasteiger partial charge on any atom is -0.496 e. The third-order valence-corrected chi connectivity index (χ3v) is 4.43. The third kappa shape index (κ3) is 4.35. The molecule has 0 saturated heterocycles. The molecular weight excluding hydrogens is 330 g/mol. The van der Waals surface area contributed by atoms with E-state index in [1.165, 1.54) is 11.8 Å². The summed E-state index contributed by atoms with van der Waals surface area (Å²) in [7, 11) is 6.59. The molecule has 0 bridgehead atoms. The van der Waals surface area contributed by atoms with Crippen molar-refractivity contribution in [3.8, 4) is 17.2 Å². The van der Waals surface area contributed by atoms with Crippen LogP contribution in [0.5, 0.6) is 17.2 Å². The van der Waals surface area contributed by atoms with E-state index in [0.717, 1.165) is 10.7 Å². The van der Waals surface area contributed by atoms with E-state index in [2.05, 4.69) is 10.3 Å². The number of aryl methyl sites for hydroxylation is 1. The SMILES string of the molecule is COc1cc(OC)c(OC)cc1CNC(=O)CSc1nccn1C. The number of ether oxygens (including phenoxy) is 3. The third-order valence-electron chi connectivity index (χ3n) is 3.37. The minimum atomic E-state index is -0.0835. The number of amides is 1. The van der Waals surface area contributed by atoms with Gasteiger partial charge >= 0.3 is 0 Å². The van der Waals surface area contributed by atoms with E-state index in [0.29, 0.717) is 29.5 Å². The number of methoxy groups -OCH3 is 3. The largest absolute Gasteiger partial charge is 0.496 e. The Morgan fingerprint density at radius 1 is 1.17 bits per heavy atom. The first-order valence-corrected chi connectivity index (χ1v) is 8.23. The lowest BCUT2D eigenvalue weighted by atomic mass is 10.1. The highest BCUT2D eigenvalue weighted by atomic mass is 32.2. The van der Waals surface area contributed by atoms with E-state index in [1.54, 1.807) is 39.7 Å². The number of hydrogen-bond donors (Lipinski definition) is 1. The standard InChI is InChI=1S/C16H21N3O4S/c1-19-6-5-17-16(19)24-10-15(20)18-9-11-7-13(22-3)14(23-4)8-12(11)21-2/h5-8H,9-10H2,1-4H3,(H,18,20). The molecule has 7 nitrogen and oxygen atoms in total. The van der Waals surface area contributed by atoms with Gasteiger partial charge in [-0.2, -0.15) is 0 Å². The summed E-state index contributed by atoms with van der Waals surface area (Å²) in [6.45, 7) is 0.337. The van der Waals surface area contributed by atoms with Crippen LogP contribution in [0.4, 0.5) is 0 Å². The van der Waals surface area contributed by atoms with Crippen molar-refractivity contribution in [2.75, 3.05) is 27.1 Å². The first kappa shape index (κ1) is 18.0. The van der Waals surface area contributed by atoms with Crippen molar-refractivity contribution < 1.29 is 19.0 Å². The Kier molecular flexibility index (Phi) is 6.36. The second-order valence-electron chi connectivity index (χ2n) is 4.91. The Morgan fingerprint density at radius 3 is 2.42 bits per heavy atom. The average molecular weight is 351 g/mol. The normalized spacial score (nSPS) is 10.3. The highest BCUT2D eigenvalue weighted by Crippen LogP contribution is 2.34. The van der Waals surface area contributed by atoms with Crippen molar-refractivity contribution >= 4 is 17.7 Å². The van der Waals surface area contributed by atoms with E-state index in [-0.39, 0.29) is 5.91 Å². The molecule has 0 spiro atoms. The number of imidazole rings is 1. The molecule has 0 saturated carbocycles. The number of benzene rings is 1. The summed E-state index contributed by atoms with van der Waals surface area (Å²) in [6.07, 6.45) is 3.55. The second-order valence-corrected chi connectivity index (χ2v) is 5.85. The quantitative estimate of drug-likeness (QED) is 0.732. The predicted molar refractivity (Wildman–Crippen MR) is 91.9 cm³/mol. The fourth-order valence-electron chi connectivity index (χ4n) is 2.10. The summed E-state index contributed by atoms with van der Waals surface area (Å²) in [5.74, 6) is 2.00. The maximum atomic E-state index is 12.0. The zero-order valence-electron chi connectivity index (χ0n) is 14.2. The van der Waals surface area contributed by atoms with Gasteiger partial charge < -0.3 is 24.1 Å². The van der Waals surface area contributed by atoms with Gasteiger partial charge in [0.15, 0.2) is 16.7 Å². The van der Waals surface area contributed by atoms with Crippen molar-refractivity contribution in [1.82, 2.24) is 14.9 Å². The van der Waals surface area contributed by atoms with E-state index in [1.807, 2.05) is 17.8 Å². The van der Waals surface area contributed by atoms with Gasteiger partial charge in [-0.1, -0.05) is 11.8 Å². The predicted octanol–water partition coefficient (Wildman–Crippen LogP) is 1.85. The zero-order chi connectivity index (χ0) is 17.5. The molecule has 1 heterocycles. The molecule has 1 aromatic heterocycles. The molecule has 130 valence electrons. The second kappa shape index (κ2) is 8.49. The van der Waals surface area contributed by atoms with E-state index in [9.17, 15) is 4.79 Å². The van der Waals surface area contributed by atoms with E-state index >= 15 is 0 Å². The molecule has 0 aliphatic heterocycles. The topological polar surface area (TPSA) is 74.6 Å². The van der Waals surface area contributed by atoms with Crippen molar-refractivity contribution in [2.45, 2.75) is 11.7 Å². The number of aromatic nitrogens is 2. The van der Waals surface area contributed by atoms with Crippen LogP contribution in [0.1, 0.15) is 5.56 Å². The van der Waals surface area contributed by atoms with Gasteiger partial charge in [-0.25, -0.2) is 4.98 Å². The minimum absolute atomic E-state index is 0.0835. The maximum absolute atomic E-state index is 12.0. The maximum Gasteiger partial charge on any atom is 0.230 e. The highest BCUT2D eigenvalue weighted by Gasteiger charge is 2.13. The molecule has 24 heavy (non-hydrogen) atoms. The fraction of sp³-hybridized carbons (Fsp3) is 0.375. The van der Waals surface area contributed by atoms with Gasteiger partial charge in [-0.15, -0.1) is 0 Å². The summed E-state index contributed by atoms with van der Waals surface area (Å²) >= 11 is 1.38. The summed E-state index contributed by atoms with van der Waals surface area (Å²) in [5.41, 5.74) is 0.811. The smallest absolute Gasteiger partial charge is 0.230 e. The van der Waals surface area contributed by atoms with E-state index < -0.39 is 0 Å². The van der Waals surface area contributed by atoms with Crippen LogP contribution >= 0.6 is 11.8 Å². The number of nitrogens with zero attached hydrogens (tertiary/aromatic N) is 2. The Bertz CT molecular complexity index is 703. The van der Waals surface area contributed by atoms with Gasteiger partial charge in [0, 0.05) is 37.6 Å². The van der Waals surface area contributed by atoms with Crippen LogP contribution in [-0.4, -0.2) is 42.5 Å². The van der Waals surface area contributed by atoms with Gasteiger partial charge in [0.2, 0.25) is 5.91 Å². The molecule has 2 aromatic rings. The molecule has 1 N–H and O–H groups in total. The van der Waals surface area contributed by atoms with Crippen molar-refractivity contribution in [1.29, 1.82) is 0 Å². The Balaban J connectivity index is 1.97. The first-order valence-electron chi connectivity index (χ1n) is 7.24. The van der Waals surface area contributed by atoms with Crippen LogP contribution in [0.15, 0.2) is 29.7 Å². The molecule has 0 fully saturated rings. The molecule has 1 aromatic carbocycles. The monoisotopic (exact) mass is 351 g/mol. The lowest BCUT2D eigenvalue weighted by molar-refractivity contribution is -0.118. The summed E-state index contributed by atoms with van der Waals surface area (Å²) < 4.78 is 17.7. The number of hydrogen-bond acceptors (Lipinski definition) is 6. The Hall–Kier alpha value is -2.35. The molecule has 0 aliphatic carbocycles. The van der Waals surface area contributed by atoms with Crippen molar-refractivity contribution in [3.63, 3.8) is 0 Å². The van der Waals surface area contributed by atoms with Crippen LogP contribution in [0, 0.1) is 0 Å². The van der Waals surface area contributed by atoms with Gasteiger partial charge in [-0.3, -0.25) is 4.79 Å². The number of carbonyl (C=O) groups excluding carboxylic acids is 1. The Morgan fingerprint density at radius 2 is 1.83 bits per heavy atom. The number of thioether (sulfide) groups is 1. The summed E-state index contributed by atoms with van der Waals surface area (Å²) in [6, 6.07) is 3.53. The first-order chi connectivity index (χ1) is 11.6. The molecule has 0 aliphatic rings.